The van der Waals surface area contributed by atoms with Gasteiger partial charge in [-0.25, -0.2) is 0 Å². The Labute approximate surface area is 112 Å². The highest BCUT2D eigenvalue weighted by atomic mass is 16.5. The van der Waals surface area contributed by atoms with E-state index in [4.69, 9.17) is 14.2 Å². The summed E-state index contributed by atoms with van der Waals surface area (Å²) in [5.74, 6) is 1.99. The fraction of sp³-hybridized carbons (Fsp3) is 0.200. The maximum absolute atomic E-state index is 5.36. The first-order chi connectivity index (χ1) is 9.28. The van der Waals surface area contributed by atoms with Gasteiger partial charge in [0.1, 0.15) is 5.75 Å². The molecule has 0 radical (unpaired) electrons. The van der Waals surface area contributed by atoms with Crippen molar-refractivity contribution in [3.63, 3.8) is 0 Å². The predicted octanol–water partition coefficient (Wildman–Crippen LogP) is 3.46. The summed E-state index contributed by atoms with van der Waals surface area (Å²) in [7, 11) is 4.83. The number of anilines is 2. The lowest BCUT2D eigenvalue weighted by Crippen LogP contribution is -1.98. The van der Waals surface area contributed by atoms with Gasteiger partial charge in [0.25, 0.3) is 0 Å². The van der Waals surface area contributed by atoms with Crippen LogP contribution in [-0.4, -0.2) is 21.3 Å². The number of ether oxygens (including phenoxy) is 3. The Morgan fingerprint density at radius 1 is 0.737 bits per heavy atom. The van der Waals surface area contributed by atoms with E-state index < -0.39 is 0 Å². The summed E-state index contributed by atoms with van der Waals surface area (Å²) < 4.78 is 15.9. The van der Waals surface area contributed by atoms with E-state index in [-0.39, 0.29) is 0 Å². The highest BCUT2D eigenvalue weighted by molar-refractivity contribution is 5.70. The first kappa shape index (κ1) is 13.1. The Morgan fingerprint density at radius 3 is 1.89 bits per heavy atom. The van der Waals surface area contributed by atoms with E-state index in [9.17, 15) is 0 Å². The average molecular weight is 259 g/mol. The van der Waals surface area contributed by atoms with Crippen molar-refractivity contribution in [2.24, 2.45) is 0 Å². The highest BCUT2D eigenvalue weighted by Gasteiger charge is 2.11. The van der Waals surface area contributed by atoms with E-state index >= 15 is 0 Å². The molecule has 4 heteroatoms. The van der Waals surface area contributed by atoms with E-state index in [1.165, 1.54) is 0 Å². The molecule has 0 bridgehead atoms. The predicted molar refractivity (Wildman–Crippen MR) is 75.8 cm³/mol. The van der Waals surface area contributed by atoms with Gasteiger partial charge < -0.3 is 19.5 Å². The van der Waals surface area contributed by atoms with Gasteiger partial charge >= 0.3 is 0 Å². The molecular formula is C15H17NO3. The van der Waals surface area contributed by atoms with Crippen LogP contribution in [0, 0.1) is 0 Å². The van der Waals surface area contributed by atoms with Gasteiger partial charge in [-0.1, -0.05) is 18.2 Å². The molecule has 1 N–H and O–H groups in total. The van der Waals surface area contributed by atoms with Crippen LogP contribution in [-0.2, 0) is 0 Å². The van der Waals surface area contributed by atoms with Gasteiger partial charge in [0, 0.05) is 17.8 Å². The zero-order chi connectivity index (χ0) is 13.7. The van der Waals surface area contributed by atoms with Crippen LogP contribution in [0.2, 0.25) is 0 Å². The molecule has 0 amide bonds. The van der Waals surface area contributed by atoms with Crippen molar-refractivity contribution in [1.82, 2.24) is 0 Å². The van der Waals surface area contributed by atoms with Crippen LogP contribution in [0.15, 0.2) is 42.5 Å². The first-order valence-corrected chi connectivity index (χ1v) is 5.90. The van der Waals surface area contributed by atoms with Gasteiger partial charge in [-0.3, -0.25) is 0 Å². The second-order valence-corrected chi connectivity index (χ2v) is 3.90. The molecule has 2 rings (SSSR count). The lowest BCUT2D eigenvalue weighted by atomic mass is 10.2. The lowest BCUT2D eigenvalue weighted by molar-refractivity contribution is 0.349. The minimum atomic E-state index is 0.637. The van der Waals surface area contributed by atoms with Crippen LogP contribution in [0.3, 0.4) is 0 Å². The highest BCUT2D eigenvalue weighted by Crippen LogP contribution is 2.38. The van der Waals surface area contributed by atoms with Crippen LogP contribution in [0.25, 0.3) is 0 Å². The molecule has 0 unspecified atom stereocenters. The second kappa shape index (κ2) is 6.00. The molecule has 0 saturated heterocycles. The van der Waals surface area contributed by atoms with Gasteiger partial charge in [0.05, 0.1) is 27.0 Å². The first-order valence-electron chi connectivity index (χ1n) is 5.90. The molecule has 100 valence electrons. The molecule has 19 heavy (non-hydrogen) atoms. The fourth-order valence-electron chi connectivity index (χ4n) is 1.80. The SMILES string of the molecule is COc1cc(OC)c(OC)cc1Nc1ccccc1. The van der Waals surface area contributed by atoms with Crippen molar-refractivity contribution in [3.8, 4) is 17.2 Å². The van der Waals surface area contributed by atoms with Crippen molar-refractivity contribution in [1.29, 1.82) is 0 Å². The summed E-state index contributed by atoms with van der Waals surface area (Å²) in [6.07, 6.45) is 0. The van der Waals surface area contributed by atoms with Crippen molar-refractivity contribution < 1.29 is 14.2 Å². The maximum Gasteiger partial charge on any atom is 0.164 e. The normalized spacial score (nSPS) is 9.84. The Kier molecular flexibility index (Phi) is 4.13. The number of hydrogen-bond donors (Lipinski definition) is 1. The van der Waals surface area contributed by atoms with E-state index in [1.807, 2.05) is 36.4 Å². The Balaban J connectivity index is 2.38. The average Bonchev–Trinajstić information content (AvgIpc) is 2.47. The number of methoxy groups -OCH3 is 3. The number of hydrogen-bond acceptors (Lipinski definition) is 4. The minimum Gasteiger partial charge on any atom is -0.494 e. The molecule has 0 aliphatic heterocycles. The van der Waals surface area contributed by atoms with Gasteiger partial charge in [-0.2, -0.15) is 0 Å². The molecule has 0 aromatic heterocycles. The topological polar surface area (TPSA) is 39.7 Å². The lowest BCUT2D eigenvalue weighted by Gasteiger charge is -2.15. The van der Waals surface area contributed by atoms with Gasteiger partial charge in [-0.05, 0) is 12.1 Å². The van der Waals surface area contributed by atoms with Crippen LogP contribution >= 0.6 is 0 Å². The fourth-order valence-corrected chi connectivity index (χ4v) is 1.80. The van der Waals surface area contributed by atoms with Gasteiger partial charge in [0.15, 0.2) is 11.5 Å². The zero-order valence-electron chi connectivity index (χ0n) is 11.3. The van der Waals surface area contributed by atoms with E-state index in [0.717, 1.165) is 11.4 Å². The molecular weight excluding hydrogens is 242 g/mol. The molecule has 4 nitrogen and oxygen atoms in total. The Hall–Kier alpha value is -2.36. The summed E-state index contributed by atoms with van der Waals surface area (Å²) in [5.41, 5.74) is 1.80. The van der Waals surface area contributed by atoms with Crippen LogP contribution in [0.5, 0.6) is 17.2 Å². The zero-order valence-corrected chi connectivity index (χ0v) is 11.3. The van der Waals surface area contributed by atoms with Crippen LogP contribution in [0.4, 0.5) is 11.4 Å². The van der Waals surface area contributed by atoms with Gasteiger partial charge in [0.2, 0.25) is 0 Å². The van der Waals surface area contributed by atoms with E-state index in [0.29, 0.717) is 17.2 Å². The van der Waals surface area contributed by atoms with Crippen molar-refractivity contribution >= 4 is 11.4 Å². The van der Waals surface area contributed by atoms with Crippen LogP contribution < -0.4 is 19.5 Å². The molecule has 0 aliphatic carbocycles. The molecule has 0 heterocycles. The maximum atomic E-state index is 5.36. The minimum absolute atomic E-state index is 0.637. The van der Waals surface area contributed by atoms with E-state index in [1.54, 1.807) is 27.4 Å². The van der Waals surface area contributed by atoms with E-state index in [2.05, 4.69) is 5.32 Å². The third kappa shape index (κ3) is 2.91. The molecule has 2 aromatic rings. The number of rotatable bonds is 5. The molecule has 0 spiro atoms. The third-order valence-corrected chi connectivity index (χ3v) is 2.76. The van der Waals surface area contributed by atoms with Crippen molar-refractivity contribution in [3.05, 3.63) is 42.5 Å². The smallest absolute Gasteiger partial charge is 0.164 e. The summed E-state index contributed by atoms with van der Waals surface area (Å²) in [5, 5.41) is 3.29. The van der Waals surface area contributed by atoms with Crippen molar-refractivity contribution in [2.75, 3.05) is 26.6 Å². The molecule has 0 saturated carbocycles. The molecule has 2 aromatic carbocycles. The number of benzene rings is 2. The molecule has 0 fully saturated rings. The molecule has 0 atom stereocenters. The number of para-hydroxylation sites is 1. The van der Waals surface area contributed by atoms with Crippen molar-refractivity contribution in [2.45, 2.75) is 0 Å². The van der Waals surface area contributed by atoms with Gasteiger partial charge in [-0.15, -0.1) is 0 Å². The monoisotopic (exact) mass is 259 g/mol. The largest absolute Gasteiger partial charge is 0.494 e. The third-order valence-electron chi connectivity index (χ3n) is 2.76. The second-order valence-electron chi connectivity index (χ2n) is 3.90. The number of nitrogens with one attached hydrogen (secondary N) is 1. The Bertz CT molecular complexity index is 541. The Morgan fingerprint density at radius 2 is 1.32 bits per heavy atom. The summed E-state index contributed by atoms with van der Waals surface area (Å²) in [4.78, 5) is 0. The summed E-state index contributed by atoms with van der Waals surface area (Å²) in [6.45, 7) is 0. The quantitative estimate of drug-likeness (QED) is 0.892. The standard InChI is InChI=1S/C15H17NO3/c1-17-13-10-15(19-3)14(18-2)9-12(13)16-11-7-5-4-6-8-11/h4-10,16H,1-3H3. The molecule has 0 aliphatic rings. The summed E-state index contributed by atoms with van der Waals surface area (Å²) in [6, 6.07) is 13.5. The summed E-state index contributed by atoms with van der Waals surface area (Å²) >= 11 is 0. The van der Waals surface area contributed by atoms with Crippen LogP contribution in [0.1, 0.15) is 0 Å².